The third-order valence-electron chi connectivity index (χ3n) is 10.9. The van der Waals surface area contributed by atoms with Crippen LogP contribution in [0.2, 0.25) is 0 Å². The maximum absolute atomic E-state index is 11.3. The monoisotopic (exact) mass is 519 g/mol. The minimum absolute atomic E-state index is 0.154. The number of para-hydroxylation sites is 1. The summed E-state index contributed by atoms with van der Waals surface area (Å²) in [6, 6.07) is 8.18. The molecule has 3 N–H and O–H groups in total. The second-order valence-electron chi connectivity index (χ2n) is 12.7. The molecule has 2 aromatic heterocycles. The predicted molar refractivity (Wildman–Crippen MR) is 145 cm³/mol. The summed E-state index contributed by atoms with van der Waals surface area (Å²) >= 11 is 0. The summed E-state index contributed by atoms with van der Waals surface area (Å²) in [6.07, 6.45) is 8.01. The van der Waals surface area contributed by atoms with Gasteiger partial charge in [-0.05, 0) is 92.8 Å². The lowest BCUT2D eigenvalue weighted by Crippen LogP contribution is -2.40. The molecule has 4 aliphatic rings. The molecule has 2 bridgehead atoms. The minimum atomic E-state index is 0.154. The summed E-state index contributed by atoms with van der Waals surface area (Å²) in [5.74, 6) is 3.00. The highest BCUT2D eigenvalue weighted by atomic mass is 16.5. The average molecular weight is 520 g/mol. The molecule has 1 saturated heterocycles. The predicted octanol–water partition coefficient (Wildman–Crippen LogP) is 5.56. The normalized spacial score (nSPS) is 31.8. The van der Waals surface area contributed by atoms with Gasteiger partial charge in [0.2, 0.25) is 0 Å². The molecule has 3 heterocycles. The molecule has 2 saturated carbocycles. The number of fused-ring (bicyclic) bond motifs is 6. The highest BCUT2D eigenvalue weighted by Gasteiger charge is 2.53. The Morgan fingerprint density at radius 2 is 1.61 bits per heavy atom. The van der Waals surface area contributed by atoms with Crippen LogP contribution in [0.25, 0.3) is 11.0 Å². The Bertz CT molecular complexity index is 1310. The first-order valence-electron chi connectivity index (χ1n) is 14.9. The molecule has 4 unspecified atom stereocenters. The van der Waals surface area contributed by atoms with Crippen LogP contribution in [0.15, 0.2) is 28.8 Å². The zero-order chi connectivity index (χ0) is 26.0. The van der Waals surface area contributed by atoms with Gasteiger partial charge in [-0.2, -0.15) is 0 Å². The number of aromatic nitrogens is 2. The Morgan fingerprint density at radius 3 is 2.34 bits per heavy atom. The average Bonchev–Trinajstić information content (AvgIpc) is 3.68. The van der Waals surface area contributed by atoms with Crippen molar-refractivity contribution >= 4 is 11.0 Å². The summed E-state index contributed by atoms with van der Waals surface area (Å²) in [5, 5.41) is 38.1. The van der Waals surface area contributed by atoms with Gasteiger partial charge in [-0.25, -0.2) is 0 Å². The number of aliphatic hydroxyl groups excluding tert-OH is 1. The molecule has 7 nitrogen and oxygen atoms in total. The first-order valence-corrected chi connectivity index (χ1v) is 14.9. The number of hydrogen-bond donors (Lipinski definition) is 3. The zero-order valence-electron chi connectivity index (χ0n) is 22.4. The number of piperidine rings is 1. The SMILES string of the molecule is CC1C2CC(c3c2c(O)n(C[C@H]2CCCC[C@@H]2CN2CCC(c4noc5ccccc45)CC2)c3O)C1CO. The summed E-state index contributed by atoms with van der Waals surface area (Å²) < 4.78 is 7.40. The summed E-state index contributed by atoms with van der Waals surface area (Å²) in [4.78, 5) is 2.63. The van der Waals surface area contributed by atoms with E-state index in [2.05, 4.69) is 29.1 Å². The molecule has 3 aromatic rings. The maximum Gasteiger partial charge on any atom is 0.197 e. The van der Waals surface area contributed by atoms with E-state index < -0.39 is 0 Å². The van der Waals surface area contributed by atoms with Crippen LogP contribution < -0.4 is 0 Å². The zero-order valence-corrected chi connectivity index (χ0v) is 22.4. The van der Waals surface area contributed by atoms with Crippen LogP contribution in [-0.4, -0.2) is 56.2 Å². The smallest absolute Gasteiger partial charge is 0.197 e. The Hall–Kier alpha value is -2.51. The molecule has 0 radical (unpaired) electrons. The number of benzene rings is 1. The van der Waals surface area contributed by atoms with Crippen molar-refractivity contribution in [1.82, 2.24) is 14.6 Å². The first-order chi connectivity index (χ1) is 18.5. The fraction of sp³-hybridized carbons (Fsp3) is 0.645. The molecule has 204 valence electrons. The third-order valence-corrected chi connectivity index (χ3v) is 10.9. The fourth-order valence-corrected chi connectivity index (χ4v) is 8.79. The van der Waals surface area contributed by atoms with Crippen LogP contribution in [0, 0.1) is 23.7 Å². The second kappa shape index (κ2) is 9.60. The number of rotatable bonds is 6. The molecular formula is C31H41N3O4. The van der Waals surface area contributed by atoms with Crippen LogP contribution in [0.5, 0.6) is 11.8 Å². The molecule has 3 fully saturated rings. The van der Waals surface area contributed by atoms with Crippen LogP contribution >= 0.6 is 0 Å². The quantitative estimate of drug-likeness (QED) is 0.395. The number of hydrogen-bond acceptors (Lipinski definition) is 6. The van der Waals surface area contributed by atoms with Crippen molar-refractivity contribution in [1.29, 1.82) is 0 Å². The molecule has 6 atom stereocenters. The fourth-order valence-electron chi connectivity index (χ4n) is 8.79. The van der Waals surface area contributed by atoms with E-state index in [0.29, 0.717) is 36.1 Å². The topological polar surface area (TPSA) is 94.9 Å². The summed E-state index contributed by atoms with van der Waals surface area (Å²) in [5.41, 5.74) is 3.90. The molecule has 38 heavy (non-hydrogen) atoms. The van der Waals surface area contributed by atoms with Gasteiger partial charge in [-0.3, -0.25) is 4.57 Å². The molecule has 3 aliphatic carbocycles. The Kier molecular flexibility index (Phi) is 6.19. The van der Waals surface area contributed by atoms with E-state index in [1.54, 1.807) is 0 Å². The Labute approximate surface area is 224 Å². The Morgan fingerprint density at radius 1 is 0.921 bits per heavy atom. The van der Waals surface area contributed by atoms with E-state index in [9.17, 15) is 15.3 Å². The van der Waals surface area contributed by atoms with Gasteiger partial charge in [-0.1, -0.05) is 37.1 Å². The lowest BCUT2D eigenvalue weighted by Gasteiger charge is -2.38. The number of nitrogens with zero attached hydrogens (tertiary/aromatic N) is 3. The van der Waals surface area contributed by atoms with E-state index in [-0.39, 0.29) is 30.2 Å². The molecule has 0 amide bonds. The number of aromatic hydroxyl groups is 2. The van der Waals surface area contributed by atoms with Crippen LogP contribution in [0.4, 0.5) is 0 Å². The van der Waals surface area contributed by atoms with Gasteiger partial charge in [0, 0.05) is 42.1 Å². The van der Waals surface area contributed by atoms with E-state index in [4.69, 9.17) is 4.52 Å². The summed E-state index contributed by atoms with van der Waals surface area (Å²) in [7, 11) is 0. The van der Waals surface area contributed by atoms with Crippen LogP contribution in [-0.2, 0) is 6.54 Å². The Balaban J connectivity index is 1.03. The second-order valence-corrected chi connectivity index (χ2v) is 12.7. The van der Waals surface area contributed by atoms with Gasteiger partial charge >= 0.3 is 0 Å². The van der Waals surface area contributed by atoms with Gasteiger partial charge in [0.05, 0.1) is 5.69 Å². The molecular weight excluding hydrogens is 478 g/mol. The van der Waals surface area contributed by atoms with Gasteiger partial charge in [-0.15, -0.1) is 0 Å². The van der Waals surface area contributed by atoms with Crippen molar-refractivity contribution in [3.05, 3.63) is 41.1 Å². The van der Waals surface area contributed by atoms with Crippen LogP contribution in [0.3, 0.4) is 0 Å². The van der Waals surface area contributed by atoms with Crippen molar-refractivity contribution in [2.45, 2.75) is 76.2 Å². The van der Waals surface area contributed by atoms with Crippen molar-refractivity contribution in [2.24, 2.45) is 23.7 Å². The highest BCUT2D eigenvalue weighted by Crippen LogP contribution is 2.64. The van der Waals surface area contributed by atoms with E-state index in [0.717, 1.165) is 73.1 Å². The lowest BCUT2D eigenvalue weighted by atomic mass is 9.78. The molecule has 1 aromatic carbocycles. The van der Waals surface area contributed by atoms with Crippen molar-refractivity contribution in [3.63, 3.8) is 0 Å². The molecule has 7 rings (SSSR count). The van der Waals surface area contributed by atoms with Crippen LogP contribution in [0.1, 0.15) is 86.4 Å². The molecule has 0 spiro atoms. The van der Waals surface area contributed by atoms with Crippen molar-refractivity contribution in [3.8, 4) is 11.8 Å². The molecule has 1 aliphatic heterocycles. The van der Waals surface area contributed by atoms with Gasteiger partial charge in [0.1, 0.15) is 0 Å². The lowest BCUT2D eigenvalue weighted by molar-refractivity contribution is 0.116. The first kappa shape index (κ1) is 24.5. The largest absolute Gasteiger partial charge is 0.494 e. The van der Waals surface area contributed by atoms with E-state index in [1.807, 2.05) is 16.7 Å². The van der Waals surface area contributed by atoms with Gasteiger partial charge < -0.3 is 24.7 Å². The highest BCUT2D eigenvalue weighted by molar-refractivity contribution is 5.79. The molecule has 7 heteroatoms. The van der Waals surface area contributed by atoms with Gasteiger partial charge in [0.25, 0.3) is 0 Å². The minimum Gasteiger partial charge on any atom is -0.494 e. The maximum atomic E-state index is 11.3. The van der Waals surface area contributed by atoms with E-state index in [1.165, 1.54) is 19.3 Å². The van der Waals surface area contributed by atoms with E-state index >= 15 is 0 Å². The van der Waals surface area contributed by atoms with Crippen molar-refractivity contribution < 1.29 is 19.8 Å². The van der Waals surface area contributed by atoms with Crippen molar-refractivity contribution in [2.75, 3.05) is 26.2 Å². The number of aliphatic hydroxyl groups is 1. The number of likely N-dealkylation sites (tertiary alicyclic amines) is 1. The summed E-state index contributed by atoms with van der Waals surface area (Å²) in [6.45, 7) is 6.28. The third kappa shape index (κ3) is 3.80. The standard InChI is InChI=1S/C31H41N3O4/c1-18-23-14-24(25(18)17-35)28-27(23)30(36)34(31(28)37)16-21-7-3-2-6-20(21)15-33-12-10-19(11-13-33)29-22-8-4-5-9-26(22)38-32-29/h4-5,8-9,18-21,23-25,35-37H,2-3,6-7,10-17H2,1H3/t18?,20-,21-,23?,24?,25?/m1/s1. The van der Waals surface area contributed by atoms with Gasteiger partial charge in [0.15, 0.2) is 17.3 Å².